The maximum absolute atomic E-state index is 12.1. The van der Waals surface area contributed by atoms with Crippen molar-refractivity contribution < 1.29 is 9.53 Å². The molecule has 0 spiro atoms. The molecule has 1 amide bonds. The van der Waals surface area contributed by atoms with Crippen LogP contribution >= 0.6 is 27.5 Å². The molecule has 0 aliphatic rings. The summed E-state index contributed by atoms with van der Waals surface area (Å²) < 4.78 is 6.04. The number of ether oxygens (including phenoxy) is 1. The van der Waals surface area contributed by atoms with E-state index < -0.39 is 0 Å². The Morgan fingerprint density at radius 1 is 1.25 bits per heavy atom. The molecule has 0 aliphatic heterocycles. The van der Waals surface area contributed by atoms with Gasteiger partial charge in [0.05, 0.1) is 12.1 Å². The molecule has 0 aromatic heterocycles. The SMILES string of the molecule is COc1ccc(NC(=O)c2ccc(Br)c(C)c2)cc1Cl. The predicted molar refractivity (Wildman–Crippen MR) is 84.8 cm³/mol. The van der Waals surface area contributed by atoms with Crippen molar-refractivity contribution in [2.45, 2.75) is 6.92 Å². The Bertz CT molecular complexity index is 658. The highest BCUT2D eigenvalue weighted by atomic mass is 79.9. The minimum Gasteiger partial charge on any atom is -0.495 e. The van der Waals surface area contributed by atoms with Crippen LogP contribution in [0, 0.1) is 6.92 Å². The third kappa shape index (κ3) is 3.32. The minimum atomic E-state index is -0.179. The fraction of sp³-hybridized carbons (Fsp3) is 0.133. The number of aryl methyl sites for hydroxylation is 1. The topological polar surface area (TPSA) is 38.3 Å². The third-order valence-electron chi connectivity index (χ3n) is 2.83. The fourth-order valence-corrected chi connectivity index (χ4v) is 2.24. The molecule has 0 radical (unpaired) electrons. The van der Waals surface area contributed by atoms with Crippen molar-refractivity contribution in [2.24, 2.45) is 0 Å². The van der Waals surface area contributed by atoms with Crippen LogP contribution in [-0.2, 0) is 0 Å². The largest absolute Gasteiger partial charge is 0.495 e. The predicted octanol–water partition coefficient (Wildman–Crippen LogP) is 4.67. The quantitative estimate of drug-likeness (QED) is 0.869. The Labute approximate surface area is 131 Å². The molecule has 0 fully saturated rings. The molecular formula is C15H13BrClNO2. The van der Waals surface area contributed by atoms with E-state index in [1.807, 2.05) is 19.1 Å². The van der Waals surface area contributed by atoms with E-state index in [1.54, 1.807) is 31.4 Å². The lowest BCUT2D eigenvalue weighted by atomic mass is 10.1. The first-order valence-electron chi connectivity index (χ1n) is 5.92. The first kappa shape index (κ1) is 14.9. The molecule has 0 aliphatic carbocycles. The average Bonchev–Trinajstić information content (AvgIpc) is 2.42. The van der Waals surface area contributed by atoms with E-state index in [0.717, 1.165) is 10.0 Å². The van der Waals surface area contributed by atoms with E-state index in [9.17, 15) is 4.79 Å². The zero-order chi connectivity index (χ0) is 14.7. The van der Waals surface area contributed by atoms with Crippen LogP contribution in [-0.4, -0.2) is 13.0 Å². The van der Waals surface area contributed by atoms with Gasteiger partial charge in [-0.25, -0.2) is 0 Å². The van der Waals surface area contributed by atoms with Gasteiger partial charge in [-0.1, -0.05) is 27.5 Å². The lowest BCUT2D eigenvalue weighted by molar-refractivity contribution is 0.102. The highest BCUT2D eigenvalue weighted by Gasteiger charge is 2.09. The van der Waals surface area contributed by atoms with Gasteiger partial charge in [0.15, 0.2) is 0 Å². The van der Waals surface area contributed by atoms with Gasteiger partial charge in [0.1, 0.15) is 5.75 Å². The lowest BCUT2D eigenvalue weighted by Crippen LogP contribution is -2.12. The Hall–Kier alpha value is -1.52. The summed E-state index contributed by atoms with van der Waals surface area (Å²) in [5.41, 5.74) is 2.23. The fourth-order valence-electron chi connectivity index (χ4n) is 1.73. The number of anilines is 1. The zero-order valence-electron chi connectivity index (χ0n) is 11.0. The number of carbonyl (C=O) groups excluding carboxylic acids is 1. The van der Waals surface area contributed by atoms with Crippen LogP contribution in [0.15, 0.2) is 40.9 Å². The van der Waals surface area contributed by atoms with Crippen LogP contribution in [0.5, 0.6) is 5.75 Å². The van der Waals surface area contributed by atoms with Crippen molar-refractivity contribution in [1.82, 2.24) is 0 Å². The van der Waals surface area contributed by atoms with Crippen molar-refractivity contribution in [3.05, 3.63) is 57.0 Å². The van der Waals surface area contributed by atoms with E-state index in [-0.39, 0.29) is 5.91 Å². The molecule has 2 rings (SSSR count). The molecule has 0 saturated carbocycles. The maximum Gasteiger partial charge on any atom is 0.255 e. The van der Waals surface area contributed by atoms with E-state index in [4.69, 9.17) is 16.3 Å². The van der Waals surface area contributed by atoms with Gasteiger partial charge < -0.3 is 10.1 Å². The van der Waals surface area contributed by atoms with Crippen LogP contribution in [0.2, 0.25) is 5.02 Å². The van der Waals surface area contributed by atoms with E-state index >= 15 is 0 Å². The van der Waals surface area contributed by atoms with Gasteiger partial charge in [-0.3, -0.25) is 4.79 Å². The summed E-state index contributed by atoms with van der Waals surface area (Å²) in [6, 6.07) is 10.6. The summed E-state index contributed by atoms with van der Waals surface area (Å²) in [4.78, 5) is 12.1. The Balaban J connectivity index is 2.19. The summed E-state index contributed by atoms with van der Waals surface area (Å²) in [6.45, 7) is 1.94. The van der Waals surface area contributed by atoms with Crippen LogP contribution in [0.1, 0.15) is 15.9 Å². The molecule has 2 aromatic rings. The number of hydrogen-bond donors (Lipinski definition) is 1. The molecule has 0 atom stereocenters. The molecular weight excluding hydrogens is 342 g/mol. The zero-order valence-corrected chi connectivity index (χ0v) is 13.4. The van der Waals surface area contributed by atoms with E-state index in [0.29, 0.717) is 22.0 Å². The summed E-state index contributed by atoms with van der Waals surface area (Å²) in [5, 5.41) is 3.26. The van der Waals surface area contributed by atoms with Crippen molar-refractivity contribution >= 4 is 39.1 Å². The smallest absolute Gasteiger partial charge is 0.255 e. The average molecular weight is 355 g/mol. The number of benzene rings is 2. The number of carbonyl (C=O) groups is 1. The van der Waals surface area contributed by atoms with Gasteiger partial charge in [0.2, 0.25) is 0 Å². The van der Waals surface area contributed by atoms with Crippen LogP contribution in [0.4, 0.5) is 5.69 Å². The van der Waals surface area contributed by atoms with E-state index in [1.165, 1.54) is 0 Å². The monoisotopic (exact) mass is 353 g/mol. The molecule has 0 bridgehead atoms. The highest BCUT2D eigenvalue weighted by molar-refractivity contribution is 9.10. The van der Waals surface area contributed by atoms with Crippen molar-refractivity contribution in [2.75, 3.05) is 12.4 Å². The standard InChI is InChI=1S/C15H13BrClNO2/c1-9-7-10(3-5-12(9)16)15(19)18-11-4-6-14(20-2)13(17)8-11/h3-8H,1-2H3,(H,18,19). The van der Waals surface area contributed by atoms with E-state index in [2.05, 4.69) is 21.2 Å². The van der Waals surface area contributed by atoms with Crippen molar-refractivity contribution in [3.8, 4) is 5.75 Å². The molecule has 0 unspecified atom stereocenters. The molecule has 104 valence electrons. The summed E-state index contributed by atoms with van der Waals surface area (Å²) >= 11 is 9.43. The van der Waals surface area contributed by atoms with Gasteiger partial charge >= 0.3 is 0 Å². The number of nitrogens with one attached hydrogen (secondary N) is 1. The molecule has 0 heterocycles. The molecule has 0 saturated heterocycles. The van der Waals surface area contributed by atoms with Gasteiger partial charge in [0, 0.05) is 15.7 Å². The Kier molecular flexibility index (Phi) is 4.68. The van der Waals surface area contributed by atoms with Crippen molar-refractivity contribution in [3.63, 3.8) is 0 Å². The lowest BCUT2D eigenvalue weighted by Gasteiger charge is -2.09. The van der Waals surface area contributed by atoms with Crippen LogP contribution in [0.3, 0.4) is 0 Å². The third-order valence-corrected chi connectivity index (χ3v) is 4.01. The summed E-state index contributed by atoms with van der Waals surface area (Å²) in [7, 11) is 1.55. The second-order valence-corrected chi connectivity index (χ2v) is 5.53. The number of halogens is 2. The molecule has 5 heteroatoms. The molecule has 1 N–H and O–H groups in total. The maximum atomic E-state index is 12.1. The Morgan fingerprint density at radius 2 is 2.00 bits per heavy atom. The second kappa shape index (κ2) is 6.29. The van der Waals surface area contributed by atoms with Gasteiger partial charge in [0.25, 0.3) is 5.91 Å². The second-order valence-electron chi connectivity index (χ2n) is 4.27. The van der Waals surface area contributed by atoms with Crippen LogP contribution < -0.4 is 10.1 Å². The first-order valence-corrected chi connectivity index (χ1v) is 7.09. The van der Waals surface area contributed by atoms with Crippen molar-refractivity contribution in [1.29, 1.82) is 0 Å². The number of amides is 1. The normalized spacial score (nSPS) is 10.2. The minimum absolute atomic E-state index is 0.179. The van der Waals surface area contributed by atoms with Gasteiger partial charge in [-0.15, -0.1) is 0 Å². The molecule has 20 heavy (non-hydrogen) atoms. The van der Waals surface area contributed by atoms with Crippen LogP contribution in [0.25, 0.3) is 0 Å². The number of hydrogen-bond acceptors (Lipinski definition) is 2. The first-order chi connectivity index (χ1) is 9.51. The Morgan fingerprint density at radius 3 is 2.60 bits per heavy atom. The summed E-state index contributed by atoms with van der Waals surface area (Å²) in [6.07, 6.45) is 0. The molecule has 3 nitrogen and oxygen atoms in total. The number of methoxy groups -OCH3 is 1. The van der Waals surface area contributed by atoms with Gasteiger partial charge in [-0.2, -0.15) is 0 Å². The van der Waals surface area contributed by atoms with Gasteiger partial charge in [-0.05, 0) is 48.9 Å². The summed E-state index contributed by atoms with van der Waals surface area (Å²) in [5.74, 6) is 0.394. The number of rotatable bonds is 3. The molecule has 2 aromatic carbocycles. The highest BCUT2D eigenvalue weighted by Crippen LogP contribution is 2.27.